The molecule has 0 aromatic rings. The zero-order valence-corrected chi connectivity index (χ0v) is 12.8. The summed E-state index contributed by atoms with van der Waals surface area (Å²) in [6, 6.07) is 0. The lowest BCUT2D eigenvalue weighted by Gasteiger charge is -2.02. The van der Waals surface area contributed by atoms with Gasteiger partial charge in [-0.2, -0.15) is 0 Å². The van der Waals surface area contributed by atoms with E-state index in [0.717, 1.165) is 6.42 Å². The highest BCUT2D eigenvalue weighted by Crippen LogP contribution is 2.12. The zero-order valence-electron chi connectivity index (χ0n) is 12.8. The Balaban J connectivity index is 2.93. The maximum atomic E-state index is 9.84. The smallest absolute Gasteiger partial charge is 0.211 e. The van der Waals surface area contributed by atoms with Crippen LogP contribution in [0.15, 0.2) is 4.99 Å². The molecule has 19 heavy (non-hydrogen) atoms. The van der Waals surface area contributed by atoms with Crippen molar-refractivity contribution in [3.63, 3.8) is 0 Å². The van der Waals surface area contributed by atoms with Crippen molar-refractivity contribution in [3.05, 3.63) is 6.42 Å². The second-order valence-corrected chi connectivity index (χ2v) is 5.37. The van der Waals surface area contributed by atoms with Gasteiger partial charge in [0.25, 0.3) is 0 Å². The lowest BCUT2D eigenvalue weighted by molar-refractivity contribution is 0.559. The predicted octanol–water partition coefficient (Wildman–Crippen LogP) is 5.62. The Hall–Kier alpha value is -0.620. The molecule has 0 unspecified atom stereocenters. The van der Waals surface area contributed by atoms with E-state index in [-0.39, 0.29) is 0 Å². The van der Waals surface area contributed by atoms with E-state index in [1.165, 1.54) is 77.0 Å². The van der Waals surface area contributed by atoms with Gasteiger partial charge in [-0.25, -0.2) is 9.79 Å². The Morgan fingerprint density at radius 3 is 1.89 bits per heavy atom. The van der Waals surface area contributed by atoms with Crippen molar-refractivity contribution in [1.82, 2.24) is 0 Å². The summed E-state index contributed by atoms with van der Waals surface area (Å²) in [5, 5.41) is 0. The summed E-state index contributed by atoms with van der Waals surface area (Å²) in [6.07, 6.45) is 21.2. The molecule has 2 nitrogen and oxygen atoms in total. The molecular weight excluding hydrogens is 234 g/mol. The van der Waals surface area contributed by atoms with Gasteiger partial charge in [0, 0.05) is 0 Å². The van der Waals surface area contributed by atoms with Gasteiger partial charge in [0.1, 0.15) is 0 Å². The fourth-order valence-corrected chi connectivity index (χ4v) is 2.27. The molecule has 0 amide bonds. The van der Waals surface area contributed by atoms with Crippen LogP contribution in [0.25, 0.3) is 0 Å². The molecule has 0 rings (SSSR count). The van der Waals surface area contributed by atoms with E-state index in [4.69, 9.17) is 0 Å². The first-order chi connectivity index (χ1) is 9.41. The van der Waals surface area contributed by atoms with Gasteiger partial charge in [-0.1, -0.05) is 84.0 Å². The van der Waals surface area contributed by atoms with Gasteiger partial charge in [0.2, 0.25) is 6.08 Å². The molecule has 0 aliphatic rings. The molecule has 0 fully saturated rings. The highest BCUT2D eigenvalue weighted by Gasteiger charge is 1.93. The molecule has 0 aromatic carbocycles. The Bertz CT molecular complexity index is 209. The average molecular weight is 266 g/mol. The van der Waals surface area contributed by atoms with Gasteiger partial charge in [-0.15, -0.1) is 0 Å². The van der Waals surface area contributed by atoms with Crippen molar-refractivity contribution < 1.29 is 4.79 Å². The minimum atomic E-state index is 0.660. The topological polar surface area (TPSA) is 29.4 Å². The number of hydrogen-bond donors (Lipinski definition) is 0. The van der Waals surface area contributed by atoms with Crippen molar-refractivity contribution in [3.8, 4) is 0 Å². The van der Waals surface area contributed by atoms with E-state index < -0.39 is 0 Å². The molecule has 2 heteroatoms. The maximum Gasteiger partial charge on any atom is 0.234 e. The van der Waals surface area contributed by atoms with E-state index in [2.05, 4.69) is 18.3 Å². The van der Waals surface area contributed by atoms with Gasteiger partial charge in [0.05, 0.1) is 6.54 Å². The van der Waals surface area contributed by atoms with Crippen molar-refractivity contribution in [2.45, 2.75) is 90.4 Å². The lowest BCUT2D eigenvalue weighted by atomic mass is 10.0. The largest absolute Gasteiger partial charge is 0.234 e. The highest BCUT2D eigenvalue weighted by atomic mass is 16.1. The Kier molecular flexibility index (Phi) is 16.8. The number of isocyanates is 1. The van der Waals surface area contributed by atoms with Crippen LogP contribution in [0.3, 0.4) is 0 Å². The molecular formula is C17H32NO. The fraction of sp³-hybridized carbons (Fsp3) is 0.882. The number of rotatable bonds is 15. The molecule has 111 valence electrons. The normalized spacial score (nSPS) is 10.4. The van der Waals surface area contributed by atoms with Crippen LogP contribution in [0.4, 0.5) is 0 Å². The van der Waals surface area contributed by atoms with E-state index in [1.807, 2.05) is 0 Å². The standard InChI is InChI=1S/C17H32NO/c1-2-3-4-5-6-7-8-9-10-11-12-13-14-15-16-18-17-19/h9H,2-8,10-16H2,1H3. The quantitative estimate of drug-likeness (QED) is 0.215. The van der Waals surface area contributed by atoms with Crippen molar-refractivity contribution >= 4 is 6.08 Å². The number of carbonyl (C=O) groups excluding carboxylic acids is 1. The van der Waals surface area contributed by atoms with Gasteiger partial charge in [-0.3, -0.25) is 0 Å². The van der Waals surface area contributed by atoms with Gasteiger partial charge in [0.15, 0.2) is 0 Å². The van der Waals surface area contributed by atoms with E-state index in [1.54, 1.807) is 6.08 Å². The summed E-state index contributed by atoms with van der Waals surface area (Å²) < 4.78 is 0. The molecule has 0 saturated carbocycles. The molecule has 1 radical (unpaired) electrons. The van der Waals surface area contributed by atoms with Crippen LogP contribution in [0.1, 0.15) is 90.4 Å². The first kappa shape index (κ1) is 18.4. The van der Waals surface area contributed by atoms with Crippen LogP contribution in [0.5, 0.6) is 0 Å². The summed E-state index contributed by atoms with van der Waals surface area (Å²) in [5.41, 5.74) is 0. The molecule has 0 aliphatic carbocycles. The molecule has 0 spiro atoms. The van der Waals surface area contributed by atoms with Gasteiger partial charge < -0.3 is 0 Å². The average Bonchev–Trinajstić information content (AvgIpc) is 2.43. The number of unbranched alkanes of at least 4 members (excludes halogenated alkanes) is 13. The number of hydrogen-bond acceptors (Lipinski definition) is 2. The molecule has 0 bridgehead atoms. The summed E-state index contributed by atoms with van der Waals surface area (Å²) in [7, 11) is 0. The van der Waals surface area contributed by atoms with Crippen LogP contribution in [-0.4, -0.2) is 12.6 Å². The minimum absolute atomic E-state index is 0.660. The zero-order chi connectivity index (χ0) is 14.0. The Labute approximate surface area is 120 Å². The maximum absolute atomic E-state index is 9.84. The monoisotopic (exact) mass is 266 g/mol. The second kappa shape index (κ2) is 17.4. The molecule has 0 heterocycles. The third-order valence-corrected chi connectivity index (χ3v) is 3.50. The summed E-state index contributed by atoms with van der Waals surface area (Å²) >= 11 is 0. The van der Waals surface area contributed by atoms with Gasteiger partial charge in [-0.05, 0) is 12.8 Å². The van der Waals surface area contributed by atoms with Gasteiger partial charge >= 0.3 is 0 Å². The lowest BCUT2D eigenvalue weighted by Crippen LogP contribution is -1.85. The molecule has 0 atom stereocenters. The van der Waals surface area contributed by atoms with Crippen molar-refractivity contribution in [2.24, 2.45) is 4.99 Å². The Morgan fingerprint density at radius 1 is 0.789 bits per heavy atom. The second-order valence-electron chi connectivity index (χ2n) is 5.37. The molecule has 0 aliphatic heterocycles. The van der Waals surface area contributed by atoms with Crippen LogP contribution in [0, 0.1) is 6.42 Å². The first-order valence-electron chi connectivity index (χ1n) is 8.27. The summed E-state index contributed by atoms with van der Waals surface area (Å²) in [4.78, 5) is 13.4. The van der Waals surface area contributed by atoms with E-state index in [9.17, 15) is 4.79 Å². The molecule has 0 saturated heterocycles. The van der Waals surface area contributed by atoms with E-state index in [0.29, 0.717) is 6.54 Å². The summed E-state index contributed by atoms with van der Waals surface area (Å²) in [5.74, 6) is 0. The van der Waals surface area contributed by atoms with Crippen LogP contribution in [0.2, 0.25) is 0 Å². The van der Waals surface area contributed by atoms with Crippen LogP contribution < -0.4 is 0 Å². The van der Waals surface area contributed by atoms with Crippen molar-refractivity contribution in [1.29, 1.82) is 0 Å². The SMILES string of the molecule is CCCCCCCC[CH]CCCCCCCN=C=O. The molecule has 0 N–H and O–H groups in total. The minimum Gasteiger partial charge on any atom is -0.211 e. The highest BCUT2D eigenvalue weighted by molar-refractivity contribution is 5.32. The fourth-order valence-electron chi connectivity index (χ4n) is 2.27. The summed E-state index contributed by atoms with van der Waals surface area (Å²) in [6.45, 7) is 2.93. The van der Waals surface area contributed by atoms with Crippen LogP contribution >= 0.6 is 0 Å². The van der Waals surface area contributed by atoms with Crippen LogP contribution in [-0.2, 0) is 4.79 Å². The van der Waals surface area contributed by atoms with Crippen molar-refractivity contribution in [2.75, 3.05) is 6.54 Å². The Morgan fingerprint density at radius 2 is 1.32 bits per heavy atom. The third kappa shape index (κ3) is 17.4. The molecule has 0 aromatic heterocycles. The predicted molar refractivity (Wildman–Crippen MR) is 83.0 cm³/mol. The number of aliphatic imine (C=N–C) groups is 1. The van der Waals surface area contributed by atoms with E-state index >= 15 is 0 Å². The first-order valence-corrected chi connectivity index (χ1v) is 8.27. The number of nitrogens with zero attached hydrogens (tertiary/aromatic N) is 1. The third-order valence-electron chi connectivity index (χ3n) is 3.50.